The minimum absolute atomic E-state index is 0.0488. The Hall–Kier alpha value is -2.90. The summed E-state index contributed by atoms with van der Waals surface area (Å²) in [6.45, 7) is 7.97. The normalized spacial score (nSPS) is 28.8. The Morgan fingerprint density at radius 3 is 2.67 bits per heavy atom. The van der Waals surface area contributed by atoms with Crippen LogP contribution in [0.1, 0.15) is 56.0 Å². The van der Waals surface area contributed by atoms with Gasteiger partial charge in [0.1, 0.15) is 11.8 Å². The van der Waals surface area contributed by atoms with Gasteiger partial charge in [0.2, 0.25) is 11.8 Å². The molecule has 3 saturated carbocycles. The summed E-state index contributed by atoms with van der Waals surface area (Å²) in [4.78, 5) is 31.0. The SMILES string of the molecule is COc1c(CN2OCC[C@H]2C(=O)N[C@H]2C[C@H]3C[C@@H]([C@@H]2C)C3(C)C)cccc1-c1cccc(C(N)=O)c1. The fourth-order valence-electron chi connectivity index (χ4n) is 6.74. The molecule has 3 N–H and O–H groups in total. The number of nitrogens with zero attached hydrogens (tertiary/aromatic N) is 1. The van der Waals surface area contributed by atoms with Crippen LogP contribution < -0.4 is 15.8 Å². The highest BCUT2D eigenvalue weighted by atomic mass is 16.7. The third-order valence-corrected chi connectivity index (χ3v) is 9.07. The first-order valence-corrected chi connectivity index (χ1v) is 13.0. The Morgan fingerprint density at radius 2 is 1.97 bits per heavy atom. The molecule has 0 spiro atoms. The van der Waals surface area contributed by atoms with Crippen LogP contribution in [0.5, 0.6) is 5.75 Å². The van der Waals surface area contributed by atoms with E-state index in [9.17, 15) is 9.59 Å². The molecule has 6 rings (SSSR count). The van der Waals surface area contributed by atoms with Gasteiger partial charge in [0.25, 0.3) is 0 Å². The molecule has 7 nitrogen and oxygen atoms in total. The summed E-state index contributed by atoms with van der Waals surface area (Å²) in [5.41, 5.74) is 8.92. The maximum Gasteiger partial charge on any atom is 0.248 e. The van der Waals surface area contributed by atoms with E-state index in [0.29, 0.717) is 54.1 Å². The molecule has 2 aromatic carbocycles. The van der Waals surface area contributed by atoms with Crippen molar-refractivity contribution < 1.29 is 19.2 Å². The highest BCUT2D eigenvalue weighted by molar-refractivity contribution is 5.94. The number of hydrogen-bond donors (Lipinski definition) is 2. The Kier molecular flexibility index (Phi) is 6.55. The van der Waals surface area contributed by atoms with E-state index in [1.165, 1.54) is 6.42 Å². The van der Waals surface area contributed by atoms with Crippen LogP contribution in [-0.4, -0.2) is 42.7 Å². The number of nitrogens with one attached hydrogen (secondary N) is 1. The van der Waals surface area contributed by atoms with Crippen LogP contribution in [0.4, 0.5) is 0 Å². The fourth-order valence-corrected chi connectivity index (χ4v) is 6.74. The predicted octanol–water partition coefficient (Wildman–Crippen LogP) is 4.15. The minimum Gasteiger partial charge on any atom is -0.496 e. The number of ether oxygens (including phenoxy) is 1. The van der Waals surface area contributed by atoms with Crippen LogP contribution in [0, 0.1) is 23.2 Å². The van der Waals surface area contributed by atoms with Crippen molar-refractivity contribution in [2.75, 3.05) is 13.7 Å². The molecule has 0 unspecified atom stereocenters. The van der Waals surface area contributed by atoms with Crippen molar-refractivity contribution in [3.8, 4) is 16.9 Å². The molecular formula is C29H37N3O4. The molecule has 7 heteroatoms. The standard InChI is InChI=1S/C29H37N3O4/c1-17-23-14-21(29(23,2)3)15-24(17)31-28(34)25-11-12-36-32(25)16-20-9-6-10-22(26(20)35-4)18-7-5-8-19(13-18)27(30)33/h5-10,13,17,21,23-25H,11-12,14-16H2,1-4H3,(H2,30,33)(H,31,34)/t17-,21+,23-,24-,25-/m0/s1. The number of para-hydroxylation sites is 1. The van der Waals surface area contributed by atoms with Crippen molar-refractivity contribution in [3.63, 3.8) is 0 Å². The number of nitrogens with two attached hydrogens (primary N) is 1. The molecule has 0 radical (unpaired) electrons. The van der Waals surface area contributed by atoms with Gasteiger partial charge in [0.15, 0.2) is 0 Å². The Bertz CT molecular complexity index is 1160. The number of carbonyl (C=O) groups is 2. The number of benzene rings is 2. The fraction of sp³-hybridized carbons (Fsp3) is 0.517. The summed E-state index contributed by atoms with van der Waals surface area (Å²) in [6, 6.07) is 13.0. The van der Waals surface area contributed by atoms with Gasteiger partial charge in [-0.05, 0) is 60.1 Å². The van der Waals surface area contributed by atoms with Crippen LogP contribution in [-0.2, 0) is 16.2 Å². The average Bonchev–Trinajstić information content (AvgIpc) is 3.33. The second-order valence-electron chi connectivity index (χ2n) is 11.2. The van der Waals surface area contributed by atoms with E-state index in [0.717, 1.165) is 23.1 Å². The Balaban J connectivity index is 1.32. The first-order valence-electron chi connectivity index (χ1n) is 13.0. The second kappa shape index (κ2) is 9.52. The van der Waals surface area contributed by atoms with Crippen LogP contribution in [0.2, 0.25) is 0 Å². The lowest BCUT2D eigenvalue weighted by molar-refractivity contribution is -0.161. The van der Waals surface area contributed by atoms with Gasteiger partial charge < -0.3 is 15.8 Å². The quantitative estimate of drug-likeness (QED) is 0.607. The zero-order chi connectivity index (χ0) is 25.6. The van der Waals surface area contributed by atoms with E-state index in [2.05, 4.69) is 26.1 Å². The van der Waals surface area contributed by atoms with Crippen molar-refractivity contribution in [2.45, 2.75) is 58.7 Å². The number of primary amides is 1. The minimum atomic E-state index is -0.473. The second-order valence-corrected chi connectivity index (χ2v) is 11.2. The van der Waals surface area contributed by atoms with Gasteiger partial charge in [0.05, 0.1) is 20.3 Å². The number of carbonyl (C=O) groups excluding carboxylic acids is 2. The molecule has 1 heterocycles. The number of methoxy groups -OCH3 is 1. The molecule has 4 aliphatic rings. The highest BCUT2D eigenvalue weighted by Gasteiger charge is 2.56. The molecule has 4 fully saturated rings. The Morgan fingerprint density at radius 1 is 1.19 bits per heavy atom. The number of hydroxylamine groups is 2. The monoisotopic (exact) mass is 491 g/mol. The molecular weight excluding hydrogens is 454 g/mol. The van der Waals surface area contributed by atoms with E-state index in [4.69, 9.17) is 15.3 Å². The number of hydrogen-bond acceptors (Lipinski definition) is 5. The van der Waals surface area contributed by atoms with Gasteiger partial charge >= 0.3 is 0 Å². The number of amides is 2. The summed E-state index contributed by atoms with van der Waals surface area (Å²) < 4.78 is 5.81. The molecule has 1 aliphatic heterocycles. The van der Waals surface area contributed by atoms with Gasteiger partial charge in [-0.25, -0.2) is 0 Å². The molecule has 0 aromatic heterocycles. The molecule has 2 aromatic rings. The summed E-state index contributed by atoms with van der Waals surface area (Å²) in [5.74, 6) is 2.12. The van der Waals surface area contributed by atoms with Crippen molar-refractivity contribution in [3.05, 3.63) is 53.6 Å². The van der Waals surface area contributed by atoms with Gasteiger partial charge in [-0.3, -0.25) is 14.4 Å². The van der Waals surface area contributed by atoms with Crippen LogP contribution in [0.15, 0.2) is 42.5 Å². The molecule has 5 atom stereocenters. The van der Waals surface area contributed by atoms with Crippen molar-refractivity contribution in [1.82, 2.24) is 10.4 Å². The Labute approximate surface area is 213 Å². The summed E-state index contributed by atoms with van der Waals surface area (Å²) in [5, 5.41) is 5.16. The van der Waals surface area contributed by atoms with Crippen LogP contribution in [0.25, 0.3) is 11.1 Å². The zero-order valence-electron chi connectivity index (χ0n) is 21.6. The molecule has 192 valence electrons. The summed E-state index contributed by atoms with van der Waals surface area (Å²) in [7, 11) is 1.63. The predicted molar refractivity (Wildman–Crippen MR) is 138 cm³/mol. The largest absolute Gasteiger partial charge is 0.496 e. The summed E-state index contributed by atoms with van der Waals surface area (Å²) in [6.07, 6.45) is 3.01. The molecule has 3 aliphatic carbocycles. The molecule has 2 amide bonds. The topological polar surface area (TPSA) is 93.9 Å². The lowest BCUT2D eigenvalue weighted by atomic mass is 9.45. The lowest BCUT2D eigenvalue weighted by Gasteiger charge is -2.62. The van der Waals surface area contributed by atoms with E-state index in [-0.39, 0.29) is 18.0 Å². The molecule has 36 heavy (non-hydrogen) atoms. The first-order chi connectivity index (χ1) is 17.2. The van der Waals surface area contributed by atoms with E-state index >= 15 is 0 Å². The van der Waals surface area contributed by atoms with E-state index < -0.39 is 5.91 Å². The number of rotatable bonds is 7. The van der Waals surface area contributed by atoms with Crippen molar-refractivity contribution in [1.29, 1.82) is 0 Å². The zero-order valence-corrected chi connectivity index (χ0v) is 21.6. The average molecular weight is 492 g/mol. The number of fused-ring (bicyclic) bond motifs is 2. The van der Waals surface area contributed by atoms with Crippen molar-refractivity contribution in [2.24, 2.45) is 28.9 Å². The molecule has 2 bridgehead atoms. The van der Waals surface area contributed by atoms with Gasteiger partial charge in [-0.2, -0.15) is 5.06 Å². The van der Waals surface area contributed by atoms with Gasteiger partial charge in [-0.15, -0.1) is 0 Å². The maximum atomic E-state index is 13.4. The third kappa shape index (κ3) is 4.28. The first kappa shape index (κ1) is 24.8. The van der Waals surface area contributed by atoms with Crippen LogP contribution in [0.3, 0.4) is 0 Å². The highest BCUT2D eigenvalue weighted by Crippen LogP contribution is 2.61. The van der Waals surface area contributed by atoms with Gasteiger partial charge in [-0.1, -0.05) is 51.1 Å². The molecule has 1 saturated heterocycles. The van der Waals surface area contributed by atoms with Crippen molar-refractivity contribution >= 4 is 11.8 Å². The third-order valence-electron chi connectivity index (χ3n) is 9.07. The maximum absolute atomic E-state index is 13.4. The smallest absolute Gasteiger partial charge is 0.248 e. The summed E-state index contributed by atoms with van der Waals surface area (Å²) >= 11 is 0. The van der Waals surface area contributed by atoms with E-state index in [1.54, 1.807) is 24.3 Å². The van der Waals surface area contributed by atoms with Gasteiger partial charge in [0, 0.05) is 22.7 Å². The van der Waals surface area contributed by atoms with Crippen LogP contribution >= 0.6 is 0 Å². The van der Waals surface area contributed by atoms with E-state index in [1.807, 2.05) is 30.3 Å². The lowest BCUT2D eigenvalue weighted by Crippen LogP contribution is -2.61.